The zero-order chi connectivity index (χ0) is 20.1. The molecule has 0 aliphatic rings. The van der Waals surface area contributed by atoms with E-state index in [1.807, 2.05) is 0 Å². The molecule has 3 rings (SSSR count). The van der Waals surface area contributed by atoms with Crippen LogP contribution in [0, 0.1) is 5.82 Å². The van der Waals surface area contributed by atoms with Crippen LogP contribution in [-0.2, 0) is 16.0 Å². The maximum Gasteiger partial charge on any atom is 0.374 e. The molecule has 1 atom stereocenters. The molecule has 0 saturated carbocycles. The van der Waals surface area contributed by atoms with Crippen LogP contribution in [0.5, 0.6) is 0 Å². The Hall–Kier alpha value is -3.81. The Morgan fingerprint density at radius 1 is 1.07 bits per heavy atom. The Bertz CT molecular complexity index is 1020. The SMILES string of the molecule is O=C(O)C(=O)C(Cc1ccccc1)NC(=O)c1cnoc1-c1ccccc1F. The van der Waals surface area contributed by atoms with Crippen molar-refractivity contribution in [2.24, 2.45) is 0 Å². The predicted molar refractivity (Wildman–Crippen MR) is 95.9 cm³/mol. The number of carbonyl (C=O) groups is 3. The molecule has 2 aromatic carbocycles. The lowest BCUT2D eigenvalue weighted by atomic mass is 10.0. The number of nitrogens with zero attached hydrogens (tertiary/aromatic N) is 1. The number of hydrogen-bond acceptors (Lipinski definition) is 5. The fraction of sp³-hybridized carbons (Fsp3) is 0.100. The second-order valence-corrected chi connectivity index (χ2v) is 5.93. The van der Waals surface area contributed by atoms with Crippen molar-refractivity contribution < 1.29 is 28.4 Å². The third-order valence-corrected chi connectivity index (χ3v) is 4.05. The number of aliphatic carboxylic acids is 1. The van der Waals surface area contributed by atoms with Crippen LogP contribution in [0.2, 0.25) is 0 Å². The van der Waals surface area contributed by atoms with Crippen LogP contribution in [-0.4, -0.2) is 34.0 Å². The first kappa shape index (κ1) is 19.0. The maximum absolute atomic E-state index is 14.0. The highest BCUT2D eigenvalue weighted by atomic mass is 19.1. The van der Waals surface area contributed by atoms with E-state index in [1.54, 1.807) is 36.4 Å². The summed E-state index contributed by atoms with van der Waals surface area (Å²) in [6.45, 7) is 0. The van der Waals surface area contributed by atoms with Gasteiger partial charge in [0.05, 0.1) is 11.8 Å². The molecule has 28 heavy (non-hydrogen) atoms. The summed E-state index contributed by atoms with van der Waals surface area (Å²) in [6.07, 6.45) is 1.07. The van der Waals surface area contributed by atoms with E-state index in [2.05, 4.69) is 10.5 Å². The lowest BCUT2D eigenvalue weighted by Gasteiger charge is -2.15. The average molecular weight is 382 g/mol. The fourth-order valence-electron chi connectivity index (χ4n) is 2.69. The van der Waals surface area contributed by atoms with Crippen LogP contribution >= 0.6 is 0 Å². The highest BCUT2D eigenvalue weighted by molar-refractivity contribution is 6.35. The number of amides is 1. The van der Waals surface area contributed by atoms with Gasteiger partial charge in [-0.05, 0) is 17.7 Å². The van der Waals surface area contributed by atoms with Gasteiger partial charge in [-0.25, -0.2) is 9.18 Å². The molecule has 1 unspecified atom stereocenters. The van der Waals surface area contributed by atoms with Gasteiger partial charge in [0.2, 0.25) is 0 Å². The van der Waals surface area contributed by atoms with Crippen molar-refractivity contribution in [3.63, 3.8) is 0 Å². The lowest BCUT2D eigenvalue weighted by Crippen LogP contribution is -2.45. The van der Waals surface area contributed by atoms with E-state index in [4.69, 9.17) is 9.63 Å². The zero-order valence-corrected chi connectivity index (χ0v) is 14.5. The predicted octanol–water partition coefficient (Wildman–Crippen LogP) is 2.48. The summed E-state index contributed by atoms with van der Waals surface area (Å²) in [5.41, 5.74) is 0.581. The number of ketones is 1. The molecule has 2 N–H and O–H groups in total. The van der Waals surface area contributed by atoms with E-state index in [0.717, 1.165) is 6.20 Å². The first-order valence-electron chi connectivity index (χ1n) is 8.29. The van der Waals surface area contributed by atoms with E-state index in [0.29, 0.717) is 5.56 Å². The van der Waals surface area contributed by atoms with Gasteiger partial charge in [0.15, 0.2) is 5.76 Å². The number of aromatic nitrogens is 1. The number of Topliss-reactive ketones (excluding diaryl/α,β-unsaturated/α-hetero) is 1. The van der Waals surface area contributed by atoms with Crippen molar-refractivity contribution >= 4 is 17.7 Å². The smallest absolute Gasteiger partial charge is 0.374 e. The van der Waals surface area contributed by atoms with Gasteiger partial charge in [-0.15, -0.1) is 0 Å². The van der Waals surface area contributed by atoms with Crippen LogP contribution in [0.15, 0.2) is 65.3 Å². The van der Waals surface area contributed by atoms with Gasteiger partial charge >= 0.3 is 5.97 Å². The largest absolute Gasteiger partial charge is 0.475 e. The number of carboxylic acids is 1. The van der Waals surface area contributed by atoms with E-state index >= 15 is 0 Å². The number of hydrogen-bond donors (Lipinski definition) is 2. The quantitative estimate of drug-likeness (QED) is 0.608. The molecular formula is C20H15FN2O5. The minimum Gasteiger partial charge on any atom is -0.475 e. The monoisotopic (exact) mass is 382 g/mol. The normalized spacial score (nSPS) is 11.6. The molecule has 7 nitrogen and oxygen atoms in total. The first-order valence-corrected chi connectivity index (χ1v) is 8.29. The molecule has 0 radical (unpaired) electrons. The second kappa shape index (κ2) is 8.26. The Kier molecular flexibility index (Phi) is 5.59. The molecule has 1 heterocycles. The minimum absolute atomic E-state index is 0.0158. The number of benzene rings is 2. The molecule has 0 bridgehead atoms. The van der Waals surface area contributed by atoms with E-state index in [-0.39, 0.29) is 23.3 Å². The maximum atomic E-state index is 14.0. The summed E-state index contributed by atoms with van der Waals surface area (Å²) in [7, 11) is 0. The molecule has 0 saturated heterocycles. The highest BCUT2D eigenvalue weighted by Crippen LogP contribution is 2.26. The van der Waals surface area contributed by atoms with Crippen LogP contribution in [0.1, 0.15) is 15.9 Å². The van der Waals surface area contributed by atoms with Gasteiger partial charge in [-0.1, -0.05) is 47.6 Å². The Morgan fingerprint density at radius 3 is 2.43 bits per heavy atom. The second-order valence-electron chi connectivity index (χ2n) is 5.93. The zero-order valence-electron chi connectivity index (χ0n) is 14.5. The van der Waals surface area contributed by atoms with Gasteiger partial charge in [-0.3, -0.25) is 9.59 Å². The molecule has 0 aliphatic heterocycles. The lowest BCUT2D eigenvalue weighted by molar-refractivity contribution is -0.149. The highest BCUT2D eigenvalue weighted by Gasteiger charge is 2.29. The third kappa shape index (κ3) is 4.12. The topological polar surface area (TPSA) is 110 Å². The Labute approximate surface area is 158 Å². The third-order valence-electron chi connectivity index (χ3n) is 4.05. The van der Waals surface area contributed by atoms with Crippen molar-refractivity contribution in [3.05, 3.63) is 77.7 Å². The molecule has 0 fully saturated rings. The van der Waals surface area contributed by atoms with E-state index in [9.17, 15) is 18.8 Å². The van der Waals surface area contributed by atoms with Gasteiger partial charge in [0, 0.05) is 6.42 Å². The van der Waals surface area contributed by atoms with Crippen LogP contribution in [0.4, 0.5) is 4.39 Å². The summed E-state index contributed by atoms with van der Waals surface area (Å²) in [4.78, 5) is 35.9. The van der Waals surface area contributed by atoms with Crippen LogP contribution in [0.25, 0.3) is 11.3 Å². The van der Waals surface area contributed by atoms with Gasteiger partial charge in [0.1, 0.15) is 17.4 Å². The molecule has 1 amide bonds. The number of halogens is 1. The standard InChI is InChI=1S/C20H15FN2O5/c21-15-9-5-4-8-13(15)18-14(11-22-28-18)19(25)23-16(17(24)20(26)27)10-12-6-2-1-3-7-12/h1-9,11,16H,10H2,(H,23,25)(H,26,27). The first-order chi connectivity index (χ1) is 13.5. The number of carbonyl (C=O) groups excluding carboxylic acids is 2. The van der Waals surface area contributed by atoms with E-state index < -0.39 is 29.5 Å². The van der Waals surface area contributed by atoms with Gasteiger partial charge < -0.3 is 14.9 Å². The van der Waals surface area contributed by atoms with Crippen molar-refractivity contribution in [1.82, 2.24) is 10.5 Å². The Balaban J connectivity index is 1.87. The molecule has 0 spiro atoms. The summed E-state index contributed by atoms with van der Waals surface area (Å²) in [6, 6.07) is 13.0. The van der Waals surface area contributed by atoms with Crippen LogP contribution in [0.3, 0.4) is 0 Å². The minimum atomic E-state index is -1.67. The average Bonchev–Trinajstić information content (AvgIpc) is 3.17. The molecule has 1 aromatic heterocycles. The summed E-state index contributed by atoms with van der Waals surface area (Å²) in [5, 5.41) is 15.0. The van der Waals surface area contributed by atoms with E-state index in [1.165, 1.54) is 18.2 Å². The van der Waals surface area contributed by atoms with Crippen LogP contribution < -0.4 is 5.32 Å². The molecule has 8 heteroatoms. The van der Waals surface area contributed by atoms with Crippen molar-refractivity contribution in [2.75, 3.05) is 0 Å². The van der Waals surface area contributed by atoms with Gasteiger partial charge in [0.25, 0.3) is 11.7 Å². The fourth-order valence-corrected chi connectivity index (χ4v) is 2.69. The molecule has 0 aliphatic carbocycles. The van der Waals surface area contributed by atoms with Crippen molar-refractivity contribution in [2.45, 2.75) is 12.5 Å². The summed E-state index contributed by atoms with van der Waals surface area (Å²) >= 11 is 0. The molecular weight excluding hydrogens is 367 g/mol. The van der Waals surface area contributed by atoms with Gasteiger partial charge in [-0.2, -0.15) is 0 Å². The summed E-state index contributed by atoms with van der Waals surface area (Å²) < 4.78 is 19.0. The van der Waals surface area contributed by atoms with Crippen molar-refractivity contribution in [1.29, 1.82) is 0 Å². The Morgan fingerprint density at radius 2 is 1.75 bits per heavy atom. The number of nitrogens with one attached hydrogen (secondary N) is 1. The number of rotatable bonds is 7. The molecule has 142 valence electrons. The number of carboxylic acid groups (broad SMARTS) is 1. The molecule has 3 aromatic rings. The van der Waals surface area contributed by atoms with Crippen molar-refractivity contribution in [3.8, 4) is 11.3 Å². The summed E-state index contributed by atoms with van der Waals surface area (Å²) in [5.74, 6) is -4.36.